The third-order valence-electron chi connectivity index (χ3n) is 2.90. The average molecular weight is 231 g/mol. The van der Waals surface area contributed by atoms with E-state index in [-0.39, 0.29) is 0 Å². The summed E-state index contributed by atoms with van der Waals surface area (Å²) in [5, 5.41) is 14.5. The number of aliphatic hydroxyl groups is 1. The van der Waals surface area contributed by atoms with Crippen molar-refractivity contribution in [1.29, 1.82) is 0 Å². The molecule has 0 amide bonds. The molecule has 1 N–H and O–H groups in total. The molecule has 0 saturated heterocycles. The molecule has 2 heterocycles. The van der Waals surface area contributed by atoms with E-state index in [1.165, 1.54) is 0 Å². The van der Waals surface area contributed by atoms with Crippen molar-refractivity contribution in [2.75, 3.05) is 0 Å². The van der Waals surface area contributed by atoms with E-state index in [1.54, 1.807) is 17.1 Å². The van der Waals surface area contributed by atoms with Gasteiger partial charge >= 0.3 is 0 Å². The molecule has 2 aromatic heterocycles. The number of hydrogen-bond donors (Lipinski definition) is 1. The highest BCUT2D eigenvalue weighted by molar-refractivity contribution is 5.27. The van der Waals surface area contributed by atoms with Crippen molar-refractivity contribution >= 4 is 0 Å². The Morgan fingerprint density at radius 2 is 2.12 bits per heavy atom. The summed E-state index contributed by atoms with van der Waals surface area (Å²) in [6, 6.07) is 5.73. The molecule has 0 saturated carbocycles. The molecule has 4 nitrogen and oxygen atoms in total. The predicted molar refractivity (Wildman–Crippen MR) is 65.6 cm³/mol. The zero-order valence-electron chi connectivity index (χ0n) is 10.2. The van der Waals surface area contributed by atoms with Gasteiger partial charge in [0.2, 0.25) is 0 Å². The van der Waals surface area contributed by atoms with Crippen molar-refractivity contribution < 1.29 is 5.11 Å². The molecule has 0 bridgehead atoms. The van der Waals surface area contributed by atoms with Crippen LogP contribution in [0.25, 0.3) is 0 Å². The van der Waals surface area contributed by atoms with Gasteiger partial charge in [0, 0.05) is 18.9 Å². The molecule has 4 heteroatoms. The van der Waals surface area contributed by atoms with E-state index >= 15 is 0 Å². The Hall–Kier alpha value is -1.68. The van der Waals surface area contributed by atoms with E-state index in [1.807, 2.05) is 25.1 Å². The third kappa shape index (κ3) is 2.22. The molecular formula is C13H17N3O. The van der Waals surface area contributed by atoms with E-state index in [9.17, 15) is 5.11 Å². The minimum Gasteiger partial charge on any atom is -0.380 e. The van der Waals surface area contributed by atoms with Crippen LogP contribution in [0.4, 0.5) is 0 Å². The monoisotopic (exact) mass is 231 g/mol. The Kier molecular flexibility index (Phi) is 3.54. The number of aromatic nitrogens is 3. The summed E-state index contributed by atoms with van der Waals surface area (Å²) in [4.78, 5) is 4.29. The van der Waals surface area contributed by atoms with Crippen molar-refractivity contribution in [3.63, 3.8) is 0 Å². The highest BCUT2D eigenvalue weighted by atomic mass is 16.3. The molecule has 0 aliphatic rings. The topological polar surface area (TPSA) is 50.9 Å². The summed E-state index contributed by atoms with van der Waals surface area (Å²) in [7, 11) is 0. The SMILES string of the molecule is CCc1cccnc1C(O)c1ccnn1CC. The Morgan fingerprint density at radius 1 is 1.29 bits per heavy atom. The Bertz CT molecular complexity index is 493. The Labute approximate surface area is 101 Å². The second-order valence-electron chi connectivity index (χ2n) is 3.88. The lowest BCUT2D eigenvalue weighted by Gasteiger charge is -2.14. The van der Waals surface area contributed by atoms with Crippen LogP contribution in [-0.4, -0.2) is 19.9 Å². The van der Waals surface area contributed by atoms with Crippen LogP contribution in [0, 0.1) is 0 Å². The van der Waals surface area contributed by atoms with Crippen molar-refractivity contribution in [2.45, 2.75) is 32.9 Å². The largest absolute Gasteiger partial charge is 0.380 e. The first kappa shape index (κ1) is 11.8. The van der Waals surface area contributed by atoms with Crippen LogP contribution in [-0.2, 0) is 13.0 Å². The second kappa shape index (κ2) is 5.10. The molecule has 0 spiro atoms. The van der Waals surface area contributed by atoms with E-state index in [0.29, 0.717) is 0 Å². The van der Waals surface area contributed by atoms with Crippen LogP contribution < -0.4 is 0 Å². The zero-order valence-corrected chi connectivity index (χ0v) is 10.2. The van der Waals surface area contributed by atoms with Crippen LogP contribution in [0.3, 0.4) is 0 Å². The van der Waals surface area contributed by atoms with Crippen LogP contribution in [0.1, 0.15) is 36.9 Å². The number of nitrogens with zero attached hydrogens (tertiary/aromatic N) is 3. The molecule has 2 aromatic rings. The van der Waals surface area contributed by atoms with E-state index < -0.39 is 6.10 Å². The molecule has 0 aliphatic carbocycles. The summed E-state index contributed by atoms with van der Waals surface area (Å²) < 4.78 is 1.79. The molecule has 0 radical (unpaired) electrons. The van der Waals surface area contributed by atoms with Gasteiger partial charge in [0.1, 0.15) is 6.10 Å². The molecule has 90 valence electrons. The van der Waals surface area contributed by atoms with Gasteiger partial charge in [-0.1, -0.05) is 13.0 Å². The Balaban J connectivity index is 2.40. The molecule has 0 fully saturated rings. The van der Waals surface area contributed by atoms with Gasteiger partial charge in [-0.05, 0) is 31.0 Å². The molecule has 0 aliphatic heterocycles. The molecule has 0 aromatic carbocycles. The van der Waals surface area contributed by atoms with E-state index in [4.69, 9.17) is 0 Å². The van der Waals surface area contributed by atoms with Gasteiger partial charge in [-0.2, -0.15) is 5.10 Å². The zero-order chi connectivity index (χ0) is 12.3. The first-order chi connectivity index (χ1) is 8.27. The number of aliphatic hydroxyl groups excluding tert-OH is 1. The van der Waals surface area contributed by atoms with Gasteiger partial charge in [-0.3, -0.25) is 9.67 Å². The second-order valence-corrected chi connectivity index (χ2v) is 3.88. The summed E-state index contributed by atoms with van der Waals surface area (Å²) in [6.45, 7) is 4.81. The van der Waals surface area contributed by atoms with Gasteiger partial charge < -0.3 is 5.11 Å². The van der Waals surface area contributed by atoms with E-state index in [0.717, 1.165) is 29.9 Å². The number of pyridine rings is 1. The number of hydrogen-bond acceptors (Lipinski definition) is 3. The lowest BCUT2D eigenvalue weighted by molar-refractivity contribution is 0.202. The van der Waals surface area contributed by atoms with Crippen LogP contribution in [0.5, 0.6) is 0 Å². The van der Waals surface area contributed by atoms with Gasteiger partial charge in [0.05, 0.1) is 11.4 Å². The minimum atomic E-state index is -0.700. The number of rotatable bonds is 4. The third-order valence-corrected chi connectivity index (χ3v) is 2.90. The quantitative estimate of drug-likeness (QED) is 0.875. The maximum Gasteiger partial charge on any atom is 0.138 e. The summed E-state index contributed by atoms with van der Waals surface area (Å²) >= 11 is 0. The van der Waals surface area contributed by atoms with Crippen molar-refractivity contribution in [2.24, 2.45) is 0 Å². The van der Waals surface area contributed by atoms with Crippen LogP contribution in [0.2, 0.25) is 0 Å². The minimum absolute atomic E-state index is 0.700. The highest BCUT2D eigenvalue weighted by Crippen LogP contribution is 2.23. The lowest BCUT2D eigenvalue weighted by atomic mass is 10.0. The molecule has 1 atom stereocenters. The fraction of sp³-hybridized carbons (Fsp3) is 0.385. The van der Waals surface area contributed by atoms with Gasteiger partial charge in [-0.25, -0.2) is 0 Å². The number of aryl methyl sites for hydroxylation is 2. The fourth-order valence-corrected chi connectivity index (χ4v) is 1.98. The van der Waals surface area contributed by atoms with Crippen molar-refractivity contribution in [3.8, 4) is 0 Å². The smallest absolute Gasteiger partial charge is 0.138 e. The molecule has 17 heavy (non-hydrogen) atoms. The first-order valence-electron chi connectivity index (χ1n) is 5.91. The molecule has 1 unspecified atom stereocenters. The highest BCUT2D eigenvalue weighted by Gasteiger charge is 2.18. The summed E-state index contributed by atoms with van der Waals surface area (Å²) in [5.74, 6) is 0. The average Bonchev–Trinajstić information content (AvgIpc) is 2.86. The maximum absolute atomic E-state index is 10.4. The molecule has 2 rings (SSSR count). The van der Waals surface area contributed by atoms with Crippen LogP contribution in [0.15, 0.2) is 30.6 Å². The van der Waals surface area contributed by atoms with Crippen molar-refractivity contribution in [3.05, 3.63) is 47.5 Å². The first-order valence-corrected chi connectivity index (χ1v) is 5.91. The normalized spacial score (nSPS) is 12.6. The fourth-order valence-electron chi connectivity index (χ4n) is 1.98. The Morgan fingerprint density at radius 3 is 2.82 bits per heavy atom. The predicted octanol–water partition coefficient (Wildman–Crippen LogP) is 1.94. The van der Waals surface area contributed by atoms with Gasteiger partial charge in [0.25, 0.3) is 0 Å². The van der Waals surface area contributed by atoms with E-state index in [2.05, 4.69) is 17.0 Å². The van der Waals surface area contributed by atoms with Crippen LogP contribution >= 0.6 is 0 Å². The van der Waals surface area contributed by atoms with Crippen molar-refractivity contribution in [1.82, 2.24) is 14.8 Å². The summed E-state index contributed by atoms with van der Waals surface area (Å²) in [5.41, 5.74) is 2.59. The van der Waals surface area contributed by atoms with Gasteiger partial charge in [-0.15, -0.1) is 0 Å². The maximum atomic E-state index is 10.4. The molecular weight excluding hydrogens is 214 g/mol. The van der Waals surface area contributed by atoms with Gasteiger partial charge in [0.15, 0.2) is 0 Å². The summed E-state index contributed by atoms with van der Waals surface area (Å²) in [6.07, 6.45) is 3.58. The standard InChI is InChI=1S/C13H17N3O/c1-3-10-6-5-8-14-12(10)13(17)11-7-9-15-16(11)4-2/h5-9,13,17H,3-4H2,1-2H3. The lowest BCUT2D eigenvalue weighted by Crippen LogP contribution is -2.12.